The molecule has 8 heteroatoms. The Morgan fingerprint density at radius 3 is 2.58 bits per heavy atom. The molecule has 1 spiro atoms. The smallest absolute Gasteiger partial charge is 0.326 e. The maximum Gasteiger partial charge on any atom is 0.326 e. The number of fused-ring (bicyclic) bond motifs is 2. The number of hydrogen-bond donors (Lipinski definition) is 1. The summed E-state index contributed by atoms with van der Waals surface area (Å²) in [7, 11) is 1.58. The van der Waals surface area contributed by atoms with Crippen LogP contribution in [0.1, 0.15) is 24.0 Å². The molecule has 1 aliphatic carbocycles. The zero-order valence-electron chi connectivity index (χ0n) is 17.2. The molecule has 0 saturated carbocycles. The minimum absolute atomic E-state index is 0.422. The van der Waals surface area contributed by atoms with Crippen LogP contribution in [-0.4, -0.2) is 48.9 Å². The van der Waals surface area contributed by atoms with Crippen molar-refractivity contribution >= 4 is 29.5 Å². The maximum absolute atomic E-state index is 13.2. The number of hydrogen-bond acceptors (Lipinski definition) is 5. The Morgan fingerprint density at radius 1 is 1.10 bits per heavy atom. The highest BCUT2D eigenvalue weighted by atomic mass is 16.5. The van der Waals surface area contributed by atoms with Crippen molar-refractivity contribution in [2.45, 2.75) is 24.8 Å². The van der Waals surface area contributed by atoms with Gasteiger partial charge in [0.15, 0.2) is 6.61 Å². The molecule has 4 amide bonds. The molecule has 2 aromatic carbocycles. The lowest BCUT2D eigenvalue weighted by molar-refractivity contribution is -0.150. The number of amides is 4. The van der Waals surface area contributed by atoms with E-state index in [4.69, 9.17) is 4.74 Å². The van der Waals surface area contributed by atoms with Gasteiger partial charge >= 0.3 is 12.0 Å². The standard InChI is InChI=1S/C23H23N3O5/c1-25(17-10-3-2-4-11-17)19(27)15-31-20(28)14-26-21(29)23(24-22(26)30)13-7-9-16-8-5-6-12-18(16)23/h2-6,8,10-12H,7,9,13-15H2,1H3,(H,24,30)/t23-/m0/s1. The van der Waals surface area contributed by atoms with Crippen LogP contribution in [0.4, 0.5) is 10.5 Å². The highest BCUT2D eigenvalue weighted by Crippen LogP contribution is 2.39. The van der Waals surface area contributed by atoms with E-state index in [1.165, 1.54) is 4.90 Å². The van der Waals surface area contributed by atoms with Crippen LogP contribution in [0.25, 0.3) is 0 Å². The molecule has 1 fully saturated rings. The summed E-state index contributed by atoms with van der Waals surface area (Å²) in [5.74, 6) is -1.71. The van der Waals surface area contributed by atoms with Crippen LogP contribution in [0.15, 0.2) is 54.6 Å². The fraction of sp³-hybridized carbons (Fsp3) is 0.304. The molecule has 8 nitrogen and oxygen atoms in total. The number of urea groups is 1. The first-order chi connectivity index (χ1) is 14.9. The monoisotopic (exact) mass is 421 g/mol. The number of esters is 1. The van der Waals surface area contributed by atoms with E-state index in [1.807, 2.05) is 30.3 Å². The Labute approximate surface area is 179 Å². The molecule has 1 saturated heterocycles. The van der Waals surface area contributed by atoms with E-state index in [0.29, 0.717) is 12.1 Å². The summed E-state index contributed by atoms with van der Waals surface area (Å²) in [6.07, 6.45) is 2.06. The second-order valence-electron chi connectivity index (χ2n) is 7.69. The quantitative estimate of drug-likeness (QED) is 0.588. The van der Waals surface area contributed by atoms with Gasteiger partial charge in [-0.2, -0.15) is 0 Å². The van der Waals surface area contributed by atoms with Crippen molar-refractivity contribution in [2.75, 3.05) is 25.1 Å². The van der Waals surface area contributed by atoms with E-state index in [9.17, 15) is 19.2 Å². The molecule has 1 atom stereocenters. The summed E-state index contributed by atoms with van der Waals surface area (Å²) in [5, 5.41) is 2.79. The van der Waals surface area contributed by atoms with E-state index in [2.05, 4.69) is 5.32 Å². The third-order valence-corrected chi connectivity index (χ3v) is 5.81. The Bertz CT molecular complexity index is 1040. The van der Waals surface area contributed by atoms with Gasteiger partial charge in [0.05, 0.1) is 0 Å². The molecule has 0 radical (unpaired) electrons. The van der Waals surface area contributed by atoms with E-state index in [-0.39, 0.29) is 0 Å². The number of nitrogens with one attached hydrogen (secondary N) is 1. The number of benzene rings is 2. The van der Waals surface area contributed by atoms with Crippen molar-refractivity contribution in [1.82, 2.24) is 10.2 Å². The Kier molecular flexibility index (Phi) is 5.46. The van der Waals surface area contributed by atoms with Gasteiger partial charge in [0, 0.05) is 12.7 Å². The lowest BCUT2D eigenvalue weighted by Crippen LogP contribution is -2.46. The number of aryl methyl sites for hydroxylation is 1. The molecule has 31 heavy (non-hydrogen) atoms. The summed E-state index contributed by atoms with van der Waals surface area (Å²) in [5.41, 5.74) is 1.31. The number of carbonyl (C=O) groups is 4. The van der Waals surface area contributed by atoms with Crippen LogP contribution in [0.3, 0.4) is 0 Å². The first kappa shape index (κ1) is 20.6. The summed E-state index contributed by atoms with van der Waals surface area (Å²) >= 11 is 0. The second-order valence-corrected chi connectivity index (χ2v) is 7.69. The predicted octanol–water partition coefficient (Wildman–Crippen LogP) is 1.98. The molecule has 160 valence electrons. The van der Waals surface area contributed by atoms with Gasteiger partial charge in [0.2, 0.25) is 0 Å². The zero-order valence-corrected chi connectivity index (χ0v) is 17.2. The molecule has 2 aromatic rings. The molecule has 0 aromatic heterocycles. The molecule has 1 N–H and O–H groups in total. The Balaban J connectivity index is 1.40. The second kappa shape index (κ2) is 8.22. The Morgan fingerprint density at radius 2 is 1.81 bits per heavy atom. The summed E-state index contributed by atoms with van der Waals surface area (Å²) in [6.45, 7) is -1.03. The molecule has 0 unspecified atom stereocenters. The molecular weight excluding hydrogens is 398 g/mol. The lowest BCUT2D eigenvalue weighted by Gasteiger charge is -2.33. The molecule has 2 aliphatic rings. The van der Waals surface area contributed by atoms with E-state index in [1.54, 1.807) is 31.3 Å². The van der Waals surface area contributed by atoms with Crippen molar-refractivity contribution in [3.05, 3.63) is 65.7 Å². The summed E-state index contributed by atoms with van der Waals surface area (Å²) < 4.78 is 5.05. The molecule has 0 bridgehead atoms. The van der Waals surface area contributed by atoms with E-state index >= 15 is 0 Å². The SMILES string of the molecule is CN(C(=O)COC(=O)CN1C(=O)N[C@]2(CCCc3ccccc32)C1=O)c1ccccc1. The highest BCUT2D eigenvalue weighted by Gasteiger charge is 2.54. The van der Waals surface area contributed by atoms with Crippen molar-refractivity contribution in [1.29, 1.82) is 0 Å². The van der Waals surface area contributed by atoms with E-state index in [0.717, 1.165) is 28.9 Å². The topological polar surface area (TPSA) is 96.0 Å². The molecule has 4 rings (SSSR count). The molecule has 1 heterocycles. The highest BCUT2D eigenvalue weighted by molar-refractivity contribution is 6.09. The Hall–Kier alpha value is -3.68. The normalized spacial score (nSPS) is 19.7. The predicted molar refractivity (Wildman–Crippen MR) is 112 cm³/mol. The van der Waals surface area contributed by atoms with Crippen molar-refractivity contribution in [3.63, 3.8) is 0 Å². The lowest BCUT2D eigenvalue weighted by atomic mass is 9.76. The largest absolute Gasteiger partial charge is 0.454 e. The minimum atomic E-state index is -1.14. The fourth-order valence-electron chi connectivity index (χ4n) is 4.16. The summed E-state index contributed by atoms with van der Waals surface area (Å²) in [4.78, 5) is 52.6. The first-order valence-corrected chi connectivity index (χ1v) is 10.1. The van der Waals surface area contributed by atoms with Gasteiger partial charge in [0.25, 0.3) is 11.8 Å². The van der Waals surface area contributed by atoms with Gasteiger partial charge in [-0.3, -0.25) is 19.3 Å². The number of imide groups is 1. The van der Waals surface area contributed by atoms with Crippen LogP contribution < -0.4 is 10.2 Å². The third kappa shape index (κ3) is 3.76. The van der Waals surface area contributed by atoms with Crippen molar-refractivity contribution in [3.8, 4) is 0 Å². The van der Waals surface area contributed by atoms with Gasteiger partial charge in [0.1, 0.15) is 12.1 Å². The van der Waals surface area contributed by atoms with Gasteiger partial charge in [-0.05, 0) is 42.5 Å². The molecular formula is C23H23N3O5. The minimum Gasteiger partial charge on any atom is -0.454 e. The number of nitrogens with zero attached hydrogens (tertiary/aromatic N) is 2. The van der Waals surface area contributed by atoms with Gasteiger partial charge < -0.3 is 15.0 Å². The zero-order chi connectivity index (χ0) is 22.0. The average molecular weight is 421 g/mol. The van der Waals surface area contributed by atoms with Gasteiger partial charge in [-0.15, -0.1) is 0 Å². The van der Waals surface area contributed by atoms with Crippen molar-refractivity contribution < 1.29 is 23.9 Å². The average Bonchev–Trinajstić information content (AvgIpc) is 3.02. The van der Waals surface area contributed by atoms with Crippen LogP contribution in [-0.2, 0) is 31.1 Å². The fourth-order valence-corrected chi connectivity index (χ4v) is 4.16. The van der Waals surface area contributed by atoms with Crippen molar-refractivity contribution in [2.24, 2.45) is 0 Å². The van der Waals surface area contributed by atoms with Crippen LogP contribution in [0.2, 0.25) is 0 Å². The first-order valence-electron chi connectivity index (χ1n) is 10.1. The number of para-hydroxylation sites is 1. The number of carbonyl (C=O) groups excluding carboxylic acids is 4. The maximum atomic E-state index is 13.2. The van der Waals surface area contributed by atoms with Crippen LogP contribution >= 0.6 is 0 Å². The number of likely N-dealkylation sites (N-methyl/N-ethyl adjacent to an activating group) is 1. The van der Waals surface area contributed by atoms with E-state index < -0.39 is 42.5 Å². The van der Waals surface area contributed by atoms with Gasteiger partial charge in [-0.25, -0.2) is 4.79 Å². The number of anilines is 1. The summed E-state index contributed by atoms with van der Waals surface area (Å²) in [6, 6.07) is 15.8. The van der Waals surface area contributed by atoms with Gasteiger partial charge in [-0.1, -0.05) is 42.5 Å². The molecule has 1 aliphatic heterocycles. The number of rotatable bonds is 5. The van der Waals surface area contributed by atoms with Crippen LogP contribution in [0.5, 0.6) is 0 Å². The van der Waals surface area contributed by atoms with Crippen LogP contribution in [0, 0.1) is 0 Å². The third-order valence-electron chi connectivity index (χ3n) is 5.81. The number of ether oxygens (including phenoxy) is 1.